The van der Waals surface area contributed by atoms with Crippen LogP contribution < -0.4 is 15.2 Å². The van der Waals surface area contributed by atoms with Gasteiger partial charge in [0.25, 0.3) is 0 Å². The van der Waals surface area contributed by atoms with E-state index in [9.17, 15) is 15.0 Å². The fourth-order valence-electron chi connectivity index (χ4n) is 3.33. The minimum atomic E-state index is -1.24. The van der Waals surface area contributed by atoms with Crippen LogP contribution in [-0.2, 0) is 23.2 Å². The zero-order chi connectivity index (χ0) is 16.4. The molecule has 0 saturated heterocycles. The molecule has 0 saturated carbocycles. The number of ether oxygens (including phenoxy) is 1. The molecule has 0 amide bonds. The number of carboxylic acid groups (broad SMARTS) is 1. The van der Waals surface area contributed by atoms with E-state index in [1.807, 2.05) is 30.3 Å². The highest BCUT2D eigenvalue weighted by molar-refractivity contribution is 5.79. The second kappa shape index (κ2) is 5.93. The van der Waals surface area contributed by atoms with Gasteiger partial charge in [-0.05, 0) is 23.3 Å². The van der Waals surface area contributed by atoms with Crippen LogP contribution in [0.3, 0.4) is 0 Å². The number of nitrogens with two attached hydrogens (primary N) is 1. The fraction of sp³-hybridized carbons (Fsp3) is 0.278. The molecule has 3 rings (SSSR count). The van der Waals surface area contributed by atoms with Gasteiger partial charge in [-0.1, -0.05) is 30.3 Å². The van der Waals surface area contributed by atoms with Crippen molar-refractivity contribution in [2.45, 2.75) is 18.4 Å². The number of aromatic hydroxyl groups is 1. The summed E-state index contributed by atoms with van der Waals surface area (Å²) in [6.45, 7) is 0.641. The Hall–Kier alpha value is -2.53. The first-order valence-electron chi connectivity index (χ1n) is 7.57. The Morgan fingerprint density at radius 1 is 1.35 bits per heavy atom. The van der Waals surface area contributed by atoms with Crippen molar-refractivity contribution >= 4 is 5.97 Å². The SMILES string of the molecule is COc1cc2c(cc1O)[C@@](Cc1ccccc1)(C(=O)[O-])[NH2+]CC2. The van der Waals surface area contributed by atoms with Crippen LogP contribution in [0.5, 0.6) is 11.5 Å². The third-order valence-corrected chi connectivity index (χ3v) is 4.48. The van der Waals surface area contributed by atoms with Crippen molar-refractivity contribution < 1.29 is 25.1 Å². The molecule has 1 aliphatic rings. The molecule has 0 spiro atoms. The number of fused-ring (bicyclic) bond motifs is 1. The number of hydrogen-bond acceptors (Lipinski definition) is 4. The summed E-state index contributed by atoms with van der Waals surface area (Å²) in [7, 11) is 1.48. The third kappa shape index (κ3) is 2.64. The summed E-state index contributed by atoms with van der Waals surface area (Å²) in [5.41, 5.74) is 1.14. The average Bonchev–Trinajstić information content (AvgIpc) is 2.55. The van der Waals surface area contributed by atoms with E-state index >= 15 is 0 Å². The van der Waals surface area contributed by atoms with Gasteiger partial charge < -0.3 is 25.1 Å². The van der Waals surface area contributed by atoms with Crippen molar-refractivity contribution in [1.29, 1.82) is 0 Å². The van der Waals surface area contributed by atoms with Gasteiger partial charge in [0.15, 0.2) is 17.0 Å². The largest absolute Gasteiger partial charge is 0.543 e. The summed E-state index contributed by atoms with van der Waals surface area (Å²) < 4.78 is 5.13. The highest BCUT2D eigenvalue weighted by atomic mass is 16.5. The number of carboxylic acids is 1. The third-order valence-electron chi connectivity index (χ3n) is 4.48. The van der Waals surface area contributed by atoms with Crippen molar-refractivity contribution in [1.82, 2.24) is 0 Å². The van der Waals surface area contributed by atoms with Crippen LogP contribution in [0.25, 0.3) is 0 Å². The normalized spacial score (nSPS) is 19.9. The Labute approximate surface area is 134 Å². The van der Waals surface area contributed by atoms with Crippen LogP contribution in [0.1, 0.15) is 16.7 Å². The lowest BCUT2D eigenvalue weighted by molar-refractivity contribution is -0.731. The standard InChI is InChI=1S/C18H19NO4/c1-23-16-9-13-7-8-19-18(17(21)22,14(13)10-15(16)20)11-12-5-3-2-4-6-12/h2-6,9-10,19-20H,7-8,11H2,1H3,(H,21,22)/t18-/m0/s1. The van der Waals surface area contributed by atoms with E-state index in [0.717, 1.165) is 17.5 Å². The molecule has 2 aromatic rings. The van der Waals surface area contributed by atoms with Crippen LogP contribution in [0.15, 0.2) is 42.5 Å². The zero-order valence-corrected chi connectivity index (χ0v) is 12.9. The summed E-state index contributed by atoms with van der Waals surface area (Å²) in [5.74, 6) is -0.843. The van der Waals surface area contributed by atoms with Crippen molar-refractivity contribution in [3.63, 3.8) is 0 Å². The minimum Gasteiger partial charge on any atom is -0.543 e. The van der Waals surface area contributed by atoms with Crippen LogP contribution in [0, 0.1) is 0 Å². The molecule has 1 heterocycles. The molecule has 23 heavy (non-hydrogen) atoms. The molecular weight excluding hydrogens is 294 g/mol. The molecule has 3 N–H and O–H groups in total. The van der Waals surface area contributed by atoms with Gasteiger partial charge in [-0.2, -0.15) is 0 Å². The lowest BCUT2D eigenvalue weighted by atomic mass is 9.78. The van der Waals surface area contributed by atoms with Crippen LogP contribution in [-0.4, -0.2) is 24.7 Å². The molecule has 5 nitrogen and oxygen atoms in total. The van der Waals surface area contributed by atoms with Crippen molar-refractivity contribution in [3.05, 3.63) is 59.2 Å². The number of methoxy groups -OCH3 is 1. The zero-order valence-electron chi connectivity index (χ0n) is 12.9. The fourth-order valence-corrected chi connectivity index (χ4v) is 3.33. The second-order valence-electron chi connectivity index (χ2n) is 5.85. The maximum absolute atomic E-state index is 12.1. The molecule has 2 aromatic carbocycles. The second-order valence-corrected chi connectivity index (χ2v) is 5.85. The maximum Gasteiger partial charge on any atom is 0.166 e. The molecule has 1 aliphatic heterocycles. The number of aliphatic carboxylic acids is 1. The Morgan fingerprint density at radius 3 is 2.74 bits per heavy atom. The number of carbonyl (C=O) groups excluding carboxylic acids is 1. The molecule has 1 atom stereocenters. The molecule has 0 fully saturated rings. The highest BCUT2D eigenvalue weighted by Gasteiger charge is 2.43. The molecular formula is C18H19NO4. The van der Waals surface area contributed by atoms with Gasteiger partial charge in [0.05, 0.1) is 13.7 Å². The first-order chi connectivity index (χ1) is 11.1. The van der Waals surface area contributed by atoms with E-state index in [4.69, 9.17) is 4.74 Å². The van der Waals surface area contributed by atoms with Crippen LogP contribution in [0.4, 0.5) is 0 Å². The number of hydrogen-bond donors (Lipinski definition) is 2. The predicted octanol–water partition coefficient (Wildman–Crippen LogP) is -0.292. The summed E-state index contributed by atoms with van der Waals surface area (Å²) in [4.78, 5) is 12.1. The lowest BCUT2D eigenvalue weighted by Gasteiger charge is -2.38. The van der Waals surface area contributed by atoms with E-state index in [-0.39, 0.29) is 5.75 Å². The van der Waals surface area contributed by atoms with Crippen LogP contribution in [0.2, 0.25) is 0 Å². The molecule has 0 aliphatic carbocycles. The summed E-state index contributed by atoms with van der Waals surface area (Å²) in [6, 6.07) is 12.7. The summed E-state index contributed by atoms with van der Waals surface area (Å²) in [5, 5.41) is 23.9. The lowest BCUT2D eigenvalue weighted by Crippen LogP contribution is -3.00. The molecule has 0 unspecified atom stereocenters. The number of rotatable bonds is 4. The Morgan fingerprint density at radius 2 is 2.09 bits per heavy atom. The van der Waals surface area contributed by atoms with Gasteiger partial charge in [-0.25, -0.2) is 0 Å². The molecule has 0 radical (unpaired) electrons. The topological polar surface area (TPSA) is 86.2 Å². The van der Waals surface area contributed by atoms with E-state index in [1.54, 1.807) is 11.4 Å². The molecule has 0 bridgehead atoms. The maximum atomic E-state index is 12.1. The number of phenolic OH excluding ortho intramolecular Hbond substituents is 1. The van der Waals surface area contributed by atoms with Gasteiger partial charge in [0.2, 0.25) is 0 Å². The Kier molecular flexibility index (Phi) is 3.96. The van der Waals surface area contributed by atoms with Gasteiger partial charge in [0.1, 0.15) is 5.97 Å². The molecule has 0 aromatic heterocycles. The van der Waals surface area contributed by atoms with Gasteiger partial charge >= 0.3 is 0 Å². The van der Waals surface area contributed by atoms with E-state index < -0.39 is 11.5 Å². The van der Waals surface area contributed by atoms with Crippen molar-refractivity contribution in [2.75, 3.05) is 13.7 Å². The average molecular weight is 313 g/mol. The molecule has 120 valence electrons. The van der Waals surface area contributed by atoms with Gasteiger partial charge in [-0.3, -0.25) is 0 Å². The highest BCUT2D eigenvalue weighted by Crippen LogP contribution is 2.36. The first kappa shape index (κ1) is 15.4. The Balaban J connectivity index is 2.13. The van der Waals surface area contributed by atoms with Crippen molar-refractivity contribution in [2.24, 2.45) is 0 Å². The van der Waals surface area contributed by atoms with E-state index in [1.165, 1.54) is 13.2 Å². The monoisotopic (exact) mass is 313 g/mol. The summed E-state index contributed by atoms with van der Waals surface area (Å²) in [6.07, 6.45) is 1.02. The minimum absolute atomic E-state index is 0.0553. The van der Waals surface area contributed by atoms with E-state index in [0.29, 0.717) is 24.3 Å². The first-order valence-corrected chi connectivity index (χ1v) is 7.57. The smallest absolute Gasteiger partial charge is 0.166 e. The van der Waals surface area contributed by atoms with Crippen LogP contribution >= 0.6 is 0 Å². The summed E-state index contributed by atoms with van der Waals surface area (Å²) >= 11 is 0. The molecule has 5 heteroatoms. The quantitative estimate of drug-likeness (QED) is 0.812. The Bertz CT molecular complexity index is 729. The number of phenols is 1. The number of carbonyl (C=O) groups is 1. The van der Waals surface area contributed by atoms with Gasteiger partial charge in [-0.15, -0.1) is 0 Å². The van der Waals surface area contributed by atoms with Gasteiger partial charge in [0, 0.05) is 18.4 Å². The number of benzene rings is 2. The van der Waals surface area contributed by atoms with Crippen molar-refractivity contribution in [3.8, 4) is 11.5 Å². The number of quaternary nitrogens is 1. The predicted molar refractivity (Wildman–Crippen MR) is 82.0 cm³/mol. The van der Waals surface area contributed by atoms with E-state index in [2.05, 4.69) is 0 Å².